The van der Waals surface area contributed by atoms with Crippen molar-refractivity contribution in [3.63, 3.8) is 0 Å². The van der Waals surface area contributed by atoms with Crippen molar-refractivity contribution in [3.05, 3.63) is 54.1 Å². The van der Waals surface area contributed by atoms with Gasteiger partial charge < -0.3 is 20.1 Å². The number of para-hydroxylation sites is 2. The van der Waals surface area contributed by atoms with Crippen LogP contribution in [0.5, 0.6) is 11.5 Å². The topological polar surface area (TPSA) is 42.5 Å². The van der Waals surface area contributed by atoms with Gasteiger partial charge in [0.05, 0.1) is 19.9 Å². The van der Waals surface area contributed by atoms with Crippen molar-refractivity contribution in [2.24, 2.45) is 0 Å². The number of rotatable bonds is 6. The Morgan fingerprint density at radius 3 is 2.64 bits per heavy atom. The number of benzene rings is 2. The molecule has 22 heavy (non-hydrogen) atoms. The molecule has 4 nitrogen and oxygen atoms in total. The SMILES string of the molecule is COc1cccc(CCNC(=S)Nc2ccccc2OC)c1. The summed E-state index contributed by atoms with van der Waals surface area (Å²) < 4.78 is 10.5. The van der Waals surface area contributed by atoms with Crippen LogP contribution in [-0.2, 0) is 6.42 Å². The summed E-state index contributed by atoms with van der Waals surface area (Å²) in [7, 11) is 3.31. The number of hydrogen-bond donors (Lipinski definition) is 2. The van der Waals surface area contributed by atoms with Gasteiger partial charge >= 0.3 is 0 Å². The van der Waals surface area contributed by atoms with Gasteiger partial charge in [0.2, 0.25) is 0 Å². The number of anilines is 1. The van der Waals surface area contributed by atoms with E-state index in [9.17, 15) is 0 Å². The zero-order chi connectivity index (χ0) is 15.8. The van der Waals surface area contributed by atoms with Crippen molar-refractivity contribution in [3.8, 4) is 11.5 Å². The zero-order valence-electron chi connectivity index (χ0n) is 12.8. The summed E-state index contributed by atoms with van der Waals surface area (Å²) in [4.78, 5) is 0. The molecule has 2 rings (SSSR count). The molecular formula is C17H20N2O2S. The van der Waals surface area contributed by atoms with E-state index >= 15 is 0 Å². The normalized spacial score (nSPS) is 9.91. The third kappa shape index (κ3) is 4.63. The molecular weight excluding hydrogens is 296 g/mol. The Morgan fingerprint density at radius 1 is 1.05 bits per heavy atom. The summed E-state index contributed by atoms with van der Waals surface area (Å²) >= 11 is 5.31. The Kier molecular flexibility index (Phi) is 6.03. The van der Waals surface area contributed by atoms with Gasteiger partial charge in [-0.15, -0.1) is 0 Å². The minimum Gasteiger partial charge on any atom is -0.497 e. The highest BCUT2D eigenvalue weighted by molar-refractivity contribution is 7.80. The highest BCUT2D eigenvalue weighted by Gasteiger charge is 2.03. The fourth-order valence-corrected chi connectivity index (χ4v) is 2.27. The highest BCUT2D eigenvalue weighted by Crippen LogP contribution is 2.22. The van der Waals surface area contributed by atoms with Crippen LogP contribution in [0.4, 0.5) is 5.69 Å². The molecule has 0 aromatic heterocycles. The van der Waals surface area contributed by atoms with E-state index in [0.717, 1.165) is 30.2 Å². The van der Waals surface area contributed by atoms with Gasteiger partial charge in [0.15, 0.2) is 5.11 Å². The lowest BCUT2D eigenvalue weighted by Gasteiger charge is -2.13. The number of ether oxygens (including phenoxy) is 2. The molecule has 0 aliphatic rings. The van der Waals surface area contributed by atoms with Gasteiger partial charge in [-0.05, 0) is 48.5 Å². The molecule has 0 saturated heterocycles. The molecule has 2 N–H and O–H groups in total. The first kappa shape index (κ1) is 16.1. The summed E-state index contributed by atoms with van der Waals surface area (Å²) in [5, 5.41) is 6.91. The molecule has 0 radical (unpaired) electrons. The molecule has 0 heterocycles. The average Bonchev–Trinajstić information content (AvgIpc) is 2.55. The summed E-state index contributed by atoms with van der Waals surface area (Å²) in [6, 6.07) is 15.7. The molecule has 0 bridgehead atoms. The minimum absolute atomic E-state index is 0.576. The van der Waals surface area contributed by atoms with E-state index in [4.69, 9.17) is 21.7 Å². The Bertz CT molecular complexity index is 632. The lowest BCUT2D eigenvalue weighted by atomic mass is 10.1. The first-order chi connectivity index (χ1) is 10.7. The molecule has 5 heteroatoms. The molecule has 2 aromatic carbocycles. The van der Waals surface area contributed by atoms with E-state index in [-0.39, 0.29) is 0 Å². The molecule has 0 aliphatic heterocycles. The molecule has 2 aromatic rings. The Balaban J connectivity index is 1.82. The first-order valence-corrected chi connectivity index (χ1v) is 7.44. The number of hydrogen-bond acceptors (Lipinski definition) is 3. The predicted octanol–water partition coefficient (Wildman–Crippen LogP) is 3.23. The summed E-state index contributed by atoms with van der Waals surface area (Å²) in [5.74, 6) is 1.63. The molecule has 0 atom stereocenters. The maximum absolute atomic E-state index is 5.31. The van der Waals surface area contributed by atoms with Gasteiger partial charge in [0.1, 0.15) is 11.5 Å². The number of nitrogens with one attached hydrogen (secondary N) is 2. The van der Waals surface area contributed by atoms with Gasteiger partial charge in [-0.25, -0.2) is 0 Å². The lowest BCUT2D eigenvalue weighted by Crippen LogP contribution is -2.30. The van der Waals surface area contributed by atoms with Crippen LogP contribution in [0.3, 0.4) is 0 Å². The molecule has 0 fully saturated rings. The van der Waals surface area contributed by atoms with Crippen LogP contribution in [0.15, 0.2) is 48.5 Å². The monoisotopic (exact) mass is 316 g/mol. The third-order valence-corrected chi connectivity index (χ3v) is 3.43. The molecule has 0 aliphatic carbocycles. The van der Waals surface area contributed by atoms with Gasteiger partial charge in [-0.1, -0.05) is 24.3 Å². The number of thiocarbonyl (C=S) groups is 1. The quantitative estimate of drug-likeness (QED) is 0.801. The van der Waals surface area contributed by atoms with Crippen LogP contribution in [-0.4, -0.2) is 25.9 Å². The average molecular weight is 316 g/mol. The summed E-state index contributed by atoms with van der Waals surface area (Å²) in [5.41, 5.74) is 2.05. The highest BCUT2D eigenvalue weighted by atomic mass is 32.1. The van der Waals surface area contributed by atoms with Crippen molar-refractivity contribution in [1.82, 2.24) is 5.32 Å². The van der Waals surface area contributed by atoms with Crippen LogP contribution in [0.2, 0.25) is 0 Å². The van der Waals surface area contributed by atoms with Crippen molar-refractivity contribution >= 4 is 23.0 Å². The fourth-order valence-electron chi connectivity index (χ4n) is 2.06. The van der Waals surface area contributed by atoms with Crippen LogP contribution in [0.25, 0.3) is 0 Å². The van der Waals surface area contributed by atoms with Crippen LogP contribution in [0, 0.1) is 0 Å². The van der Waals surface area contributed by atoms with Gasteiger partial charge in [0, 0.05) is 6.54 Å². The number of methoxy groups -OCH3 is 2. The fraction of sp³-hybridized carbons (Fsp3) is 0.235. The third-order valence-electron chi connectivity index (χ3n) is 3.19. The Labute approximate surface area is 136 Å². The second kappa shape index (κ2) is 8.24. The largest absolute Gasteiger partial charge is 0.497 e. The molecule has 0 unspecified atom stereocenters. The molecule has 0 saturated carbocycles. The predicted molar refractivity (Wildman–Crippen MR) is 93.9 cm³/mol. The van der Waals surface area contributed by atoms with Crippen LogP contribution in [0.1, 0.15) is 5.56 Å². The minimum atomic E-state index is 0.576. The van der Waals surface area contributed by atoms with Crippen molar-refractivity contribution in [1.29, 1.82) is 0 Å². The van der Waals surface area contributed by atoms with Gasteiger partial charge in [-0.2, -0.15) is 0 Å². The second-order valence-electron chi connectivity index (χ2n) is 4.68. The van der Waals surface area contributed by atoms with Gasteiger partial charge in [0.25, 0.3) is 0 Å². The second-order valence-corrected chi connectivity index (χ2v) is 5.09. The van der Waals surface area contributed by atoms with Crippen LogP contribution < -0.4 is 20.1 Å². The van der Waals surface area contributed by atoms with E-state index < -0.39 is 0 Å². The van der Waals surface area contributed by atoms with E-state index in [1.165, 1.54) is 5.56 Å². The maximum Gasteiger partial charge on any atom is 0.170 e. The molecule has 0 spiro atoms. The van der Waals surface area contributed by atoms with Crippen molar-refractivity contribution < 1.29 is 9.47 Å². The summed E-state index contributed by atoms with van der Waals surface area (Å²) in [6.07, 6.45) is 0.866. The van der Waals surface area contributed by atoms with Crippen LogP contribution >= 0.6 is 12.2 Å². The summed E-state index contributed by atoms with van der Waals surface area (Å²) in [6.45, 7) is 0.744. The van der Waals surface area contributed by atoms with E-state index in [2.05, 4.69) is 16.7 Å². The van der Waals surface area contributed by atoms with Gasteiger partial charge in [-0.3, -0.25) is 0 Å². The molecule has 116 valence electrons. The first-order valence-electron chi connectivity index (χ1n) is 7.03. The smallest absolute Gasteiger partial charge is 0.170 e. The van der Waals surface area contributed by atoms with E-state index in [1.54, 1.807) is 14.2 Å². The molecule has 0 amide bonds. The zero-order valence-corrected chi connectivity index (χ0v) is 13.6. The van der Waals surface area contributed by atoms with E-state index in [0.29, 0.717) is 5.11 Å². The van der Waals surface area contributed by atoms with Crippen molar-refractivity contribution in [2.45, 2.75) is 6.42 Å². The Morgan fingerprint density at radius 2 is 1.86 bits per heavy atom. The standard InChI is InChI=1S/C17H20N2O2S/c1-20-14-7-5-6-13(12-14)10-11-18-17(22)19-15-8-3-4-9-16(15)21-2/h3-9,12H,10-11H2,1-2H3,(H2,18,19,22). The van der Waals surface area contributed by atoms with Crippen molar-refractivity contribution in [2.75, 3.05) is 26.1 Å². The Hall–Kier alpha value is -2.27. The van der Waals surface area contributed by atoms with E-state index in [1.807, 2.05) is 42.5 Å². The lowest BCUT2D eigenvalue weighted by molar-refractivity contribution is 0.414. The maximum atomic E-state index is 5.31.